The van der Waals surface area contributed by atoms with Crippen LogP contribution in [0.25, 0.3) is 0 Å². The molecule has 0 aromatic heterocycles. The maximum Gasteiger partial charge on any atom is 0.119 e. The molecule has 2 aromatic carbocycles. The quantitative estimate of drug-likeness (QED) is 0.830. The normalized spacial score (nSPS) is 12.1. The summed E-state index contributed by atoms with van der Waals surface area (Å²) in [6.07, 6.45) is 1.98. The molecule has 2 heteroatoms. The summed E-state index contributed by atoms with van der Waals surface area (Å²) in [5.41, 5.74) is 8.47. The van der Waals surface area contributed by atoms with Crippen molar-refractivity contribution in [2.75, 3.05) is 13.2 Å². The minimum absolute atomic E-state index is 0.366. The molecule has 0 spiro atoms. The average Bonchev–Trinajstić information content (AvgIpc) is 2.52. The number of hydrogen-bond acceptors (Lipinski definition) is 2. The molecule has 1 atom stereocenters. The van der Waals surface area contributed by atoms with E-state index < -0.39 is 0 Å². The van der Waals surface area contributed by atoms with E-state index in [0.717, 1.165) is 18.6 Å². The Morgan fingerprint density at radius 1 is 1.05 bits per heavy atom. The highest BCUT2D eigenvalue weighted by atomic mass is 16.5. The van der Waals surface area contributed by atoms with Gasteiger partial charge in [0.05, 0.1) is 6.61 Å². The van der Waals surface area contributed by atoms with E-state index >= 15 is 0 Å². The lowest BCUT2D eigenvalue weighted by Crippen LogP contribution is -2.15. The standard InChI is InChI=1S/C18H23NO/c1-2-15-7-6-10-18(13-15)20-12-11-17(14-19)16-8-4-3-5-9-16/h3-10,13,17H,2,11-12,14,19H2,1H3. The first-order valence-corrected chi connectivity index (χ1v) is 7.30. The summed E-state index contributed by atoms with van der Waals surface area (Å²) in [4.78, 5) is 0. The van der Waals surface area contributed by atoms with Crippen LogP contribution in [0.3, 0.4) is 0 Å². The van der Waals surface area contributed by atoms with Crippen LogP contribution in [-0.4, -0.2) is 13.2 Å². The van der Waals surface area contributed by atoms with Crippen molar-refractivity contribution in [3.05, 3.63) is 65.7 Å². The lowest BCUT2D eigenvalue weighted by Gasteiger charge is -2.16. The van der Waals surface area contributed by atoms with Crippen LogP contribution in [0.15, 0.2) is 54.6 Å². The zero-order valence-electron chi connectivity index (χ0n) is 12.1. The van der Waals surface area contributed by atoms with Crippen LogP contribution in [0.5, 0.6) is 5.75 Å². The van der Waals surface area contributed by atoms with Crippen molar-refractivity contribution in [1.82, 2.24) is 0 Å². The lowest BCUT2D eigenvalue weighted by atomic mass is 9.96. The molecule has 2 nitrogen and oxygen atoms in total. The Balaban J connectivity index is 1.88. The molecule has 1 unspecified atom stereocenters. The number of rotatable bonds is 7. The molecule has 2 N–H and O–H groups in total. The van der Waals surface area contributed by atoms with Gasteiger partial charge in [-0.2, -0.15) is 0 Å². The van der Waals surface area contributed by atoms with Crippen molar-refractivity contribution in [2.45, 2.75) is 25.7 Å². The predicted octanol–water partition coefficient (Wildman–Crippen LogP) is 3.76. The molecule has 0 saturated carbocycles. The highest BCUT2D eigenvalue weighted by Crippen LogP contribution is 2.19. The average molecular weight is 269 g/mol. The van der Waals surface area contributed by atoms with Gasteiger partial charge in [-0.25, -0.2) is 0 Å². The first-order valence-electron chi connectivity index (χ1n) is 7.30. The van der Waals surface area contributed by atoms with Gasteiger partial charge in [0.15, 0.2) is 0 Å². The minimum atomic E-state index is 0.366. The summed E-state index contributed by atoms with van der Waals surface area (Å²) in [6.45, 7) is 3.51. The van der Waals surface area contributed by atoms with Gasteiger partial charge in [-0.15, -0.1) is 0 Å². The van der Waals surface area contributed by atoms with Gasteiger partial charge >= 0.3 is 0 Å². The van der Waals surface area contributed by atoms with Crippen LogP contribution >= 0.6 is 0 Å². The van der Waals surface area contributed by atoms with Gasteiger partial charge in [-0.1, -0.05) is 49.4 Å². The Morgan fingerprint density at radius 2 is 1.85 bits per heavy atom. The Morgan fingerprint density at radius 3 is 2.55 bits per heavy atom. The lowest BCUT2D eigenvalue weighted by molar-refractivity contribution is 0.298. The molecule has 2 aromatic rings. The smallest absolute Gasteiger partial charge is 0.119 e. The van der Waals surface area contributed by atoms with Crippen LogP contribution in [0.2, 0.25) is 0 Å². The van der Waals surface area contributed by atoms with E-state index in [1.165, 1.54) is 11.1 Å². The largest absolute Gasteiger partial charge is 0.494 e. The van der Waals surface area contributed by atoms with Crippen molar-refractivity contribution in [3.63, 3.8) is 0 Å². The number of ether oxygens (including phenoxy) is 1. The van der Waals surface area contributed by atoms with E-state index in [2.05, 4.69) is 43.3 Å². The molecule has 0 saturated heterocycles. The summed E-state index contributed by atoms with van der Waals surface area (Å²) in [5, 5.41) is 0. The number of benzene rings is 2. The Kier molecular flexibility index (Phi) is 5.63. The molecule has 2 rings (SSSR count). The summed E-state index contributed by atoms with van der Waals surface area (Å²) in [5.74, 6) is 1.32. The van der Waals surface area contributed by atoms with E-state index in [4.69, 9.17) is 10.5 Å². The van der Waals surface area contributed by atoms with E-state index in [-0.39, 0.29) is 0 Å². The monoisotopic (exact) mass is 269 g/mol. The third-order valence-corrected chi connectivity index (χ3v) is 3.60. The summed E-state index contributed by atoms with van der Waals surface area (Å²) in [6, 6.07) is 18.7. The topological polar surface area (TPSA) is 35.2 Å². The molecular formula is C18H23NO. The molecule has 0 radical (unpaired) electrons. The number of aryl methyl sites for hydroxylation is 1. The van der Waals surface area contributed by atoms with Gasteiger partial charge in [0.1, 0.15) is 5.75 Å². The molecule has 0 aliphatic carbocycles. The van der Waals surface area contributed by atoms with Crippen LogP contribution in [0.4, 0.5) is 0 Å². The second-order valence-electron chi connectivity index (χ2n) is 4.98. The summed E-state index contributed by atoms with van der Waals surface area (Å²) in [7, 11) is 0. The van der Waals surface area contributed by atoms with Gasteiger partial charge in [0.2, 0.25) is 0 Å². The van der Waals surface area contributed by atoms with Crippen molar-refractivity contribution < 1.29 is 4.74 Å². The predicted molar refractivity (Wildman–Crippen MR) is 84.2 cm³/mol. The van der Waals surface area contributed by atoms with Crippen molar-refractivity contribution in [3.8, 4) is 5.75 Å². The van der Waals surface area contributed by atoms with Gasteiger partial charge in [-0.05, 0) is 48.6 Å². The van der Waals surface area contributed by atoms with Crippen LogP contribution in [0.1, 0.15) is 30.4 Å². The van der Waals surface area contributed by atoms with Crippen LogP contribution < -0.4 is 10.5 Å². The fourth-order valence-corrected chi connectivity index (χ4v) is 2.32. The SMILES string of the molecule is CCc1cccc(OCCC(CN)c2ccccc2)c1. The van der Waals surface area contributed by atoms with Gasteiger partial charge in [0.25, 0.3) is 0 Å². The van der Waals surface area contributed by atoms with E-state index in [1.807, 2.05) is 18.2 Å². The zero-order chi connectivity index (χ0) is 14.2. The van der Waals surface area contributed by atoms with Gasteiger partial charge in [0, 0.05) is 0 Å². The highest BCUT2D eigenvalue weighted by molar-refractivity contribution is 5.28. The number of hydrogen-bond donors (Lipinski definition) is 1. The highest BCUT2D eigenvalue weighted by Gasteiger charge is 2.09. The molecule has 20 heavy (non-hydrogen) atoms. The van der Waals surface area contributed by atoms with Crippen molar-refractivity contribution in [1.29, 1.82) is 0 Å². The summed E-state index contributed by atoms with van der Waals surface area (Å²) < 4.78 is 5.85. The summed E-state index contributed by atoms with van der Waals surface area (Å²) >= 11 is 0. The fourth-order valence-electron chi connectivity index (χ4n) is 2.32. The Labute approximate surface area is 121 Å². The maximum absolute atomic E-state index is 5.87. The fraction of sp³-hybridized carbons (Fsp3) is 0.333. The first kappa shape index (κ1) is 14.6. The van der Waals surface area contributed by atoms with Crippen LogP contribution in [-0.2, 0) is 6.42 Å². The molecule has 0 bridgehead atoms. The zero-order valence-corrected chi connectivity index (χ0v) is 12.1. The first-order chi connectivity index (χ1) is 9.83. The molecule has 106 valence electrons. The third kappa shape index (κ3) is 4.10. The molecule has 0 aliphatic heterocycles. The molecule has 0 aliphatic rings. The second-order valence-corrected chi connectivity index (χ2v) is 4.98. The van der Waals surface area contributed by atoms with Gasteiger partial charge < -0.3 is 10.5 Å². The van der Waals surface area contributed by atoms with E-state index in [1.54, 1.807) is 0 Å². The molecule has 0 amide bonds. The molecular weight excluding hydrogens is 246 g/mol. The van der Waals surface area contributed by atoms with Crippen LogP contribution in [0, 0.1) is 0 Å². The van der Waals surface area contributed by atoms with E-state index in [0.29, 0.717) is 19.1 Å². The molecule has 0 fully saturated rings. The minimum Gasteiger partial charge on any atom is -0.494 e. The number of nitrogens with two attached hydrogens (primary N) is 1. The van der Waals surface area contributed by atoms with E-state index in [9.17, 15) is 0 Å². The van der Waals surface area contributed by atoms with Crippen molar-refractivity contribution >= 4 is 0 Å². The van der Waals surface area contributed by atoms with Gasteiger partial charge in [-0.3, -0.25) is 0 Å². The second kappa shape index (κ2) is 7.71. The van der Waals surface area contributed by atoms with Crippen molar-refractivity contribution in [2.24, 2.45) is 5.73 Å². The maximum atomic E-state index is 5.87. The third-order valence-electron chi connectivity index (χ3n) is 3.60. The molecule has 0 heterocycles. The Bertz CT molecular complexity index is 510. The Hall–Kier alpha value is -1.80.